The van der Waals surface area contributed by atoms with Crippen LogP contribution in [0.4, 0.5) is 11.4 Å². The summed E-state index contributed by atoms with van der Waals surface area (Å²) in [5.41, 5.74) is 1.26. The first-order valence-electron chi connectivity index (χ1n) is 11.7. The van der Waals surface area contributed by atoms with Gasteiger partial charge >= 0.3 is 0 Å². The minimum atomic E-state index is -1.24. The lowest BCUT2D eigenvalue weighted by atomic mass is 9.85. The van der Waals surface area contributed by atoms with Gasteiger partial charge in [-0.2, -0.15) is 0 Å². The van der Waals surface area contributed by atoms with E-state index in [0.717, 1.165) is 17.0 Å². The number of β-lactam (4-membered cyclic amide) rings is 1. The molecule has 200 valence electrons. The number of imide groups is 1. The average molecular weight is 552 g/mol. The minimum absolute atomic E-state index is 0.0110. The third-order valence-corrected chi connectivity index (χ3v) is 7.14. The fourth-order valence-corrected chi connectivity index (χ4v) is 5.33. The number of nitro benzene ring substituents is 1. The second-order valence-electron chi connectivity index (χ2n) is 8.95. The van der Waals surface area contributed by atoms with Crippen LogP contribution in [0.25, 0.3) is 0 Å². The molecule has 2 atom stereocenters. The van der Waals surface area contributed by atoms with Crippen molar-refractivity contribution in [2.75, 3.05) is 26.2 Å². The molecular formula is C27H22ClN3O8. The summed E-state index contributed by atoms with van der Waals surface area (Å²) in [4.78, 5) is 53.6. The molecule has 2 unspecified atom stereocenters. The quantitative estimate of drug-likeness (QED) is 0.184. The number of rotatable bonds is 7. The van der Waals surface area contributed by atoms with Gasteiger partial charge in [0.2, 0.25) is 5.75 Å². The molecule has 5 rings (SSSR count). The van der Waals surface area contributed by atoms with E-state index in [9.17, 15) is 24.5 Å². The van der Waals surface area contributed by atoms with E-state index in [-0.39, 0.29) is 16.8 Å². The third kappa shape index (κ3) is 3.93. The van der Waals surface area contributed by atoms with E-state index in [1.165, 1.54) is 32.3 Å². The number of hydrogen-bond acceptors (Lipinski definition) is 8. The van der Waals surface area contributed by atoms with Crippen molar-refractivity contribution in [2.45, 2.75) is 19.0 Å². The van der Waals surface area contributed by atoms with Crippen LogP contribution in [0.1, 0.15) is 37.9 Å². The fraction of sp³-hybridized carbons (Fsp3) is 0.222. The van der Waals surface area contributed by atoms with Gasteiger partial charge in [0.05, 0.1) is 43.4 Å². The Bertz CT molecular complexity index is 1550. The molecule has 11 nitrogen and oxygen atoms in total. The van der Waals surface area contributed by atoms with Gasteiger partial charge in [-0.05, 0) is 54.4 Å². The summed E-state index contributed by atoms with van der Waals surface area (Å²) >= 11 is 6.15. The average Bonchev–Trinajstić information content (AvgIpc) is 3.16. The molecule has 2 heterocycles. The largest absolute Gasteiger partial charge is 0.493 e. The summed E-state index contributed by atoms with van der Waals surface area (Å²) in [5.74, 6) is -1.06. The third-order valence-electron chi connectivity index (χ3n) is 6.91. The van der Waals surface area contributed by atoms with Gasteiger partial charge in [-0.1, -0.05) is 11.6 Å². The number of nitrogens with zero attached hydrogens (tertiary/aromatic N) is 3. The number of benzene rings is 3. The number of halogens is 1. The number of fused-ring (bicyclic) bond motifs is 1. The van der Waals surface area contributed by atoms with Gasteiger partial charge < -0.3 is 19.1 Å². The number of hydrogen-bond donors (Lipinski definition) is 0. The molecule has 1 fully saturated rings. The molecule has 0 radical (unpaired) electrons. The van der Waals surface area contributed by atoms with Gasteiger partial charge in [-0.15, -0.1) is 0 Å². The zero-order valence-corrected chi connectivity index (χ0v) is 22.0. The number of amides is 3. The molecule has 0 spiro atoms. The van der Waals surface area contributed by atoms with Gasteiger partial charge in [-0.25, -0.2) is 0 Å². The number of ether oxygens (including phenoxy) is 3. The first-order chi connectivity index (χ1) is 18.6. The highest BCUT2D eigenvalue weighted by Crippen LogP contribution is 2.49. The van der Waals surface area contributed by atoms with Crippen LogP contribution in [0.2, 0.25) is 5.02 Å². The Labute approximate surface area is 227 Å². The highest BCUT2D eigenvalue weighted by atomic mass is 35.5. The molecule has 1 saturated heterocycles. The standard InChI is InChI=1S/C27H22ClN3O8/c1-13-9-15(28)5-8-19(13)29-22(14-10-20(37-2)24(39-4)21(11-14)38-3)23(27(29)34)30-25(32)17-7-6-16(31(35)36)12-18(17)26(30)33/h5-12,22-23H,1-4H3. The van der Waals surface area contributed by atoms with E-state index >= 15 is 0 Å². The number of methoxy groups -OCH3 is 3. The van der Waals surface area contributed by atoms with E-state index in [1.807, 2.05) is 0 Å². The maximum atomic E-state index is 13.8. The first-order valence-corrected chi connectivity index (χ1v) is 12.1. The molecule has 0 N–H and O–H groups in total. The molecule has 39 heavy (non-hydrogen) atoms. The van der Waals surface area contributed by atoms with Gasteiger partial charge in [0.25, 0.3) is 23.4 Å². The highest BCUT2D eigenvalue weighted by molar-refractivity contribution is 6.31. The lowest BCUT2D eigenvalue weighted by molar-refractivity contribution is -0.384. The second kappa shape index (κ2) is 9.59. The molecule has 3 aromatic carbocycles. The van der Waals surface area contributed by atoms with Crippen molar-refractivity contribution in [3.63, 3.8) is 0 Å². The predicted octanol–water partition coefficient (Wildman–Crippen LogP) is 4.34. The summed E-state index contributed by atoms with van der Waals surface area (Å²) in [6.45, 7) is 1.79. The van der Waals surface area contributed by atoms with E-state index in [1.54, 1.807) is 37.3 Å². The van der Waals surface area contributed by atoms with Crippen LogP contribution in [0, 0.1) is 17.0 Å². The van der Waals surface area contributed by atoms with Crippen molar-refractivity contribution in [1.29, 1.82) is 0 Å². The van der Waals surface area contributed by atoms with Gasteiger partial charge in [0.1, 0.15) is 6.04 Å². The monoisotopic (exact) mass is 551 g/mol. The molecule has 0 bridgehead atoms. The Morgan fingerprint density at radius 2 is 1.46 bits per heavy atom. The van der Waals surface area contributed by atoms with Gasteiger partial charge in [-0.3, -0.25) is 29.4 Å². The predicted molar refractivity (Wildman–Crippen MR) is 140 cm³/mol. The zero-order chi connectivity index (χ0) is 28.2. The zero-order valence-electron chi connectivity index (χ0n) is 21.3. The smallest absolute Gasteiger partial charge is 0.270 e. The summed E-state index contributed by atoms with van der Waals surface area (Å²) in [6, 6.07) is 9.65. The summed E-state index contributed by atoms with van der Waals surface area (Å²) in [7, 11) is 4.35. The lowest BCUT2D eigenvalue weighted by Crippen LogP contribution is -2.67. The van der Waals surface area contributed by atoms with Gasteiger partial charge in [0, 0.05) is 22.8 Å². The topological polar surface area (TPSA) is 129 Å². The van der Waals surface area contributed by atoms with Crippen LogP contribution < -0.4 is 19.1 Å². The lowest BCUT2D eigenvalue weighted by Gasteiger charge is -2.50. The number of nitro groups is 1. The van der Waals surface area contributed by atoms with Crippen LogP contribution in [-0.2, 0) is 4.79 Å². The van der Waals surface area contributed by atoms with Crippen molar-refractivity contribution < 1.29 is 33.5 Å². The number of anilines is 1. The van der Waals surface area contributed by atoms with Crippen molar-refractivity contribution in [1.82, 2.24) is 4.90 Å². The fourth-order valence-electron chi connectivity index (χ4n) is 5.10. The van der Waals surface area contributed by atoms with Crippen molar-refractivity contribution in [3.05, 3.63) is 85.9 Å². The van der Waals surface area contributed by atoms with E-state index in [0.29, 0.717) is 39.1 Å². The Kier molecular flexibility index (Phi) is 6.39. The van der Waals surface area contributed by atoms with Crippen molar-refractivity contribution in [2.24, 2.45) is 0 Å². The maximum Gasteiger partial charge on any atom is 0.270 e. The Hall–Kier alpha value is -4.64. The molecule has 0 saturated carbocycles. The molecular weight excluding hydrogens is 530 g/mol. The summed E-state index contributed by atoms with van der Waals surface area (Å²) in [5, 5.41) is 11.8. The SMILES string of the molecule is COc1cc(C2C(N3C(=O)c4ccc([N+](=O)[O-])cc4C3=O)C(=O)N2c2ccc(Cl)cc2C)cc(OC)c1OC. The normalized spacial score (nSPS) is 18.1. The molecule has 0 aliphatic carbocycles. The summed E-state index contributed by atoms with van der Waals surface area (Å²) < 4.78 is 16.4. The van der Waals surface area contributed by atoms with Crippen LogP contribution in [-0.4, -0.2) is 54.9 Å². The Balaban J connectivity index is 1.66. The molecule has 0 aromatic heterocycles. The number of aryl methyl sites for hydroxylation is 1. The number of non-ortho nitro benzene ring substituents is 1. The summed E-state index contributed by atoms with van der Waals surface area (Å²) in [6.07, 6.45) is 0. The minimum Gasteiger partial charge on any atom is -0.493 e. The van der Waals surface area contributed by atoms with Crippen LogP contribution in [0.15, 0.2) is 48.5 Å². The van der Waals surface area contributed by atoms with Crippen molar-refractivity contribution >= 4 is 40.7 Å². The number of carbonyl (C=O) groups is 3. The molecule has 2 aliphatic rings. The van der Waals surface area contributed by atoms with Crippen LogP contribution in [0.5, 0.6) is 17.2 Å². The first kappa shape index (κ1) is 26.0. The van der Waals surface area contributed by atoms with Gasteiger partial charge in [0.15, 0.2) is 11.5 Å². The maximum absolute atomic E-state index is 13.8. The van der Waals surface area contributed by atoms with Crippen LogP contribution in [0.3, 0.4) is 0 Å². The van der Waals surface area contributed by atoms with E-state index in [4.69, 9.17) is 25.8 Å². The molecule has 12 heteroatoms. The molecule has 3 aromatic rings. The Morgan fingerprint density at radius 3 is 2.03 bits per heavy atom. The second-order valence-corrected chi connectivity index (χ2v) is 9.39. The van der Waals surface area contributed by atoms with E-state index in [2.05, 4.69) is 0 Å². The number of carbonyl (C=O) groups excluding carboxylic acids is 3. The van der Waals surface area contributed by atoms with Crippen molar-refractivity contribution in [3.8, 4) is 17.2 Å². The highest BCUT2D eigenvalue weighted by Gasteiger charge is 2.58. The van der Waals surface area contributed by atoms with Crippen LogP contribution >= 0.6 is 11.6 Å². The van der Waals surface area contributed by atoms with E-state index < -0.39 is 34.7 Å². The molecule has 2 aliphatic heterocycles. The molecule has 3 amide bonds. The Morgan fingerprint density at radius 1 is 0.821 bits per heavy atom.